The van der Waals surface area contributed by atoms with E-state index in [1.165, 1.54) is 11.3 Å². The Morgan fingerprint density at radius 1 is 1.24 bits per heavy atom. The molecule has 2 heterocycles. The number of benzene rings is 1. The van der Waals surface area contributed by atoms with E-state index in [2.05, 4.69) is 6.07 Å². The molecule has 0 unspecified atom stereocenters. The molecular formula is C12H8N2O2S. The summed E-state index contributed by atoms with van der Waals surface area (Å²) >= 11 is 1.38. The van der Waals surface area contributed by atoms with E-state index < -0.39 is 0 Å². The van der Waals surface area contributed by atoms with Gasteiger partial charge >= 0.3 is 0 Å². The Bertz CT molecular complexity index is 628. The van der Waals surface area contributed by atoms with Crippen molar-refractivity contribution in [1.82, 2.24) is 0 Å². The van der Waals surface area contributed by atoms with Gasteiger partial charge in [0.05, 0.1) is 5.69 Å². The average molecular weight is 244 g/mol. The summed E-state index contributed by atoms with van der Waals surface area (Å²) in [7, 11) is 0. The lowest BCUT2D eigenvalue weighted by atomic mass is 10.1. The minimum atomic E-state index is 0.259. The van der Waals surface area contributed by atoms with E-state index in [9.17, 15) is 0 Å². The number of anilines is 1. The Hall–Kier alpha value is -2.19. The molecule has 1 aromatic heterocycles. The zero-order valence-electron chi connectivity index (χ0n) is 8.77. The van der Waals surface area contributed by atoms with Crippen LogP contribution in [-0.4, -0.2) is 6.79 Å². The number of hydrogen-bond donors (Lipinski definition) is 1. The summed E-state index contributed by atoms with van der Waals surface area (Å²) in [5, 5.41) is 8.87. The van der Waals surface area contributed by atoms with Crippen molar-refractivity contribution >= 4 is 17.0 Å². The molecule has 17 heavy (non-hydrogen) atoms. The third kappa shape index (κ3) is 1.59. The summed E-state index contributed by atoms with van der Waals surface area (Å²) < 4.78 is 10.6. The molecule has 0 amide bonds. The number of rotatable bonds is 1. The number of thiophene rings is 1. The molecule has 0 fully saturated rings. The van der Waals surface area contributed by atoms with Crippen molar-refractivity contribution in [2.45, 2.75) is 0 Å². The highest BCUT2D eigenvalue weighted by molar-refractivity contribution is 7.16. The Labute approximate surface area is 102 Å². The summed E-state index contributed by atoms with van der Waals surface area (Å²) in [5.41, 5.74) is 7.23. The molecule has 1 aliphatic heterocycles. The van der Waals surface area contributed by atoms with Crippen molar-refractivity contribution in [3.05, 3.63) is 29.1 Å². The van der Waals surface area contributed by atoms with Crippen LogP contribution in [0.1, 0.15) is 4.88 Å². The number of ether oxygens (including phenoxy) is 2. The summed E-state index contributed by atoms with van der Waals surface area (Å²) in [6, 6.07) is 9.57. The number of nitrogen functional groups attached to an aromatic ring is 1. The molecule has 3 rings (SSSR count). The second kappa shape index (κ2) is 3.68. The van der Waals surface area contributed by atoms with Gasteiger partial charge in [0, 0.05) is 4.88 Å². The van der Waals surface area contributed by atoms with Crippen LogP contribution >= 0.6 is 11.3 Å². The lowest BCUT2D eigenvalue weighted by molar-refractivity contribution is 0.174. The maximum atomic E-state index is 8.87. The topological polar surface area (TPSA) is 68.3 Å². The first kappa shape index (κ1) is 10.00. The molecule has 0 saturated heterocycles. The zero-order valence-corrected chi connectivity index (χ0v) is 9.58. The minimum Gasteiger partial charge on any atom is -0.454 e. The van der Waals surface area contributed by atoms with E-state index in [1.807, 2.05) is 18.2 Å². The molecule has 1 aliphatic rings. The first-order valence-electron chi connectivity index (χ1n) is 4.97. The van der Waals surface area contributed by atoms with Gasteiger partial charge in [0.15, 0.2) is 11.5 Å². The molecule has 0 radical (unpaired) electrons. The van der Waals surface area contributed by atoms with Crippen LogP contribution in [0, 0.1) is 11.3 Å². The molecule has 4 nitrogen and oxygen atoms in total. The van der Waals surface area contributed by atoms with Gasteiger partial charge in [0.2, 0.25) is 6.79 Å². The van der Waals surface area contributed by atoms with E-state index in [0.717, 1.165) is 21.9 Å². The standard InChI is InChI=1S/C12H8N2O2S/c13-5-12-8(14)4-11(17-12)7-1-2-9-10(3-7)16-6-15-9/h1-4H,6,14H2. The van der Waals surface area contributed by atoms with Gasteiger partial charge in [-0.25, -0.2) is 0 Å². The summed E-state index contributed by atoms with van der Waals surface area (Å²) in [6.45, 7) is 0.259. The highest BCUT2D eigenvalue weighted by atomic mass is 32.1. The molecule has 0 bridgehead atoms. The van der Waals surface area contributed by atoms with Crippen LogP contribution in [0.25, 0.3) is 10.4 Å². The summed E-state index contributed by atoms with van der Waals surface area (Å²) in [5.74, 6) is 1.48. The SMILES string of the molecule is N#Cc1sc(-c2ccc3c(c2)OCO3)cc1N. The van der Waals surface area contributed by atoms with Crippen molar-refractivity contribution in [3.8, 4) is 28.0 Å². The van der Waals surface area contributed by atoms with Crippen LogP contribution in [0.3, 0.4) is 0 Å². The van der Waals surface area contributed by atoms with Gasteiger partial charge in [0.25, 0.3) is 0 Å². The maximum Gasteiger partial charge on any atom is 0.231 e. The Balaban J connectivity index is 2.07. The van der Waals surface area contributed by atoms with E-state index in [4.69, 9.17) is 20.5 Å². The molecule has 84 valence electrons. The molecule has 2 aromatic rings. The Kier molecular flexibility index (Phi) is 2.16. The van der Waals surface area contributed by atoms with E-state index in [0.29, 0.717) is 10.6 Å². The number of nitrogens with zero attached hydrogens (tertiary/aromatic N) is 1. The molecule has 0 atom stereocenters. The van der Waals surface area contributed by atoms with E-state index in [-0.39, 0.29) is 6.79 Å². The van der Waals surface area contributed by atoms with Gasteiger partial charge in [-0.2, -0.15) is 5.26 Å². The zero-order chi connectivity index (χ0) is 11.8. The molecule has 1 aromatic carbocycles. The van der Waals surface area contributed by atoms with Crippen LogP contribution in [0.5, 0.6) is 11.5 Å². The van der Waals surface area contributed by atoms with Crippen molar-refractivity contribution in [3.63, 3.8) is 0 Å². The minimum absolute atomic E-state index is 0.259. The summed E-state index contributed by atoms with van der Waals surface area (Å²) in [4.78, 5) is 1.50. The molecule has 0 aliphatic carbocycles. The van der Waals surface area contributed by atoms with E-state index >= 15 is 0 Å². The normalized spacial score (nSPS) is 12.4. The first-order valence-corrected chi connectivity index (χ1v) is 5.79. The molecule has 0 spiro atoms. The molecule has 5 heteroatoms. The van der Waals surface area contributed by atoms with Crippen molar-refractivity contribution < 1.29 is 9.47 Å². The molecule has 2 N–H and O–H groups in total. The first-order chi connectivity index (χ1) is 8.28. The monoisotopic (exact) mass is 244 g/mol. The third-order valence-corrected chi connectivity index (χ3v) is 3.62. The lowest BCUT2D eigenvalue weighted by Crippen LogP contribution is -1.92. The number of hydrogen-bond acceptors (Lipinski definition) is 5. The lowest BCUT2D eigenvalue weighted by Gasteiger charge is -1.99. The van der Waals surface area contributed by atoms with Crippen LogP contribution in [0.4, 0.5) is 5.69 Å². The van der Waals surface area contributed by atoms with E-state index in [1.54, 1.807) is 6.07 Å². The second-order valence-corrected chi connectivity index (χ2v) is 4.63. The van der Waals surface area contributed by atoms with Gasteiger partial charge in [-0.3, -0.25) is 0 Å². The van der Waals surface area contributed by atoms with Crippen molar-refractivity contribution in [2.75, 3.05) is 12.5 Å². The second-order valence-electron chi connectivity index (χ2n) is 3.57. The number of fused-ring (bicyclic) bond motifs is 1. The Morgan fingerprint density at radius 2 is 2.06 bits per heavy atom. The fourth-order valence-electron chi connectivity index (χ4n) is 1.68. The predicted molar refractivity (Wildman–Crippen MR) is 65.0 cm³/mol. The quantitative estimate of drug-likeness (QED) is 0.837. The van der Waals surface area contributed by atoms with Crippen LogP contribution in [0.15, 0.2) is 24.3 Å². The highest BCUT2D eigenvalue weighted by Gasteiger charge is 2.15. The number of nitrogens with two attached hydrogens (primary N) is 1. The molecular weight excluding hydrogens is 236 g/mol. The van der Waals surface area contributed by atoms with Crippen LogP contribution in [0.2, 0.25) is 0 Å². The van der Waals surface area contributed by atoms with Crippen molar-refractivity contribution in [1.29, 1.82) is 5.26 Å². The largest absolute Gasteiger partial charge is 0.454 e. The Morgan fingerprint density at radius 3 is 2.82 bits per heavy atom. The van der Waals surface area contributed by atoms with Gasteiger partial charge in [-0.05, 0) is 29.8 Å². The fraction of sp³-hybridized carbons (Fsp3) is 0.0833. The smallest absolute Gasteiger partial charge is 0.231 e. The maximum absolute atomic E-state index is 8.87. The van der Waals surface area contributed by atoms with Gasteiger partial charge < -0.3 is 15.2 Å². The third-order valence-electron chi connectivity index (χ3n) is 2.52. The average Bonchev–Trinajstić information content (AvgIpc) is 2.93. The predicted octanol–water partition coefficient (Wildman–Crippen LogP) is 2.60. The highest BCUT2D eigenvalue weighted by Crippen LogP contribution is 2.39. The number of nitriles is 1. The fourth-order valence-corrected chi connectivity index (χ4v) is 2.56. The van der Waals surface area contributed by atoms with Crippen LogP contribution < -0.4 is 15.2 Å². The molecule has 0 saturated carbocycles. The van der Waals surface area contributed by atoms with Gasteiger partial charge in [0.1, 0.15) is 10.9 Å². The van der Waals surface area contributed by atoms with Gasteiger partial charge in [-0.15, -0.1) is 11.3 Å². The van der Waals surface area contributed by atoms with Crippen molar-refractivity contribution in [2.24, 2.45) is 0 Å². The van der Waals surface area contributed by atoms with Crippen LogP contribution in [-0.2, 0) is 0 Å². The van der Waals surface area contributed by atoms with Gasteiger partial charge in [-0.1, -0.05) is 0 Å². The summed E-state index contributed by atoms with van der Waals surface area (Å²) in [6.07, 6.45) is 0.